The lowest BCUT2D eigenvalue weighted by molar-refractivity contribution is 0.345. The third-order valence-corrected chi connectivity index (χ3v) is 4.00. The van der Waals surface area contributed by atoms with E-state index in [0.717, 1.165) is 5.06 Å². The number of hydrogen-bond donors (Lipinski definition) is 1. The molecule has 0 saturated heterocycles. The van der Waals surface area contributed by atoms with E-state index < -0.39 is 10.1 Å². The highest BCUT2D eigenvalue weighted by Crippen LogP contribution is 2.15. The van der Waals surface area contributed by atoms with Crippen molar-refractivity contribution in [2.75, 3.05) is 0 Å². The van der Waals surface area contributed by atoms with E-state index in [2.05, 4.69) is 8.57 Å². The third-order valence-electron chi connectivity index (χ3n) is 1.73. The zero-order valence-electron chi connectivity index (χ0n) is 9.02. The van der Waals surface area contributed by atoms with Crippen molar-refractivity contribution in [2.45, 2.75) is 4.90 Å². The Morgan fingerprint density at radius 3 is 2.17 bits per heavy atom. The Bertz CT molecular complexity index is 543. The van der Waals surface area contributed by atoms with Crippen LogP contribution in [-0.2, 0) is 13.9 Å². The second-order valence-corrected chi connectivity index (χ2v) is 5.67. The molecule has 2 N–H and O–H groups in total. The monoisotopic (exact) mass is 307 g/mol. The van der Waals surface area contributed by atoms with Gasteiger partial charge in [0.1, 0.15) is 0 Å². The minimum absolute atomic E-state index is 0.0509. The first-order valence-electron chi connectivity index (χ1n) is 4.60. The molecule has 0 saturated carbocycles. The van der Waals surface area contributed by atoms with Gasteiger partial charge in [-0.1, -0.05) is 18.2 Å². The summed E-state index contributed by atoms with van der Waals surface area (Å²) in [4.78, 5) is 4.42. The summed E-state index contributed by atoms with van der Waals surface area (Å²) in [5.74, 6) is 4.80. The summed E-state index contributed by atoms with van der Waals surface area (Å²) in [7, 11) is -3.73. The van der Waals surface area contributed by atoms with Crippen LogP contribution in [-0.4, -0.2) is 8.42 Å². The Kier molecular flexibility index (Phi) is 6.10. The molecule has 1 aromatic heterocycles. The molecule has 0 aliphatic heterocycles. The molecule has 2 aromatic rings. The zero-order valence-corrected chi connectivity index (χ0v) is 11.4. The molecule has 0 bridgehead atoms. The SMILES string of the molecule is NOc1cccs1.O=S(=O)(OCl)c1ccccc1. The van der Waals surface area contributed by atoms with Crippen molar-refractivity contribution < 1.29 is 17.0 Å². The minimum atomic E-state index is -3.73. The topological polar surface area (TPSA) is 78.6 Å². The van der Waals surface area contributed by atoms with Crippen LogP contribution in [0.25, 0.3) is 0 Å². The van der Waals surface area contributed by atoms with Crippen LogP contribution in [0.4, 0.5) is 0 Å². The van der Waals surface area contributed by atoms with E-state index in [1.54, 1.807) is 18.2 Å². The molecule has 0 amide bonds. The maximum Gasteiger partial charge on any atom is 0.312 e. The lowest BCUT2D eigenvalue weighted by Gasteiger charge is -1.95. The molecule has 18 heavy (non-hydrogen) atoms. The Morgan fingerprint density at radius 2 is 1.78 bits per heavy atom. The van der Waals surface area contributed by atoms with Crippen LogP contribution in [0.2, 0.25) is 0 Å². The van der Waals surface area contributed by atoms with E-state index in [0.29, 0.717) is 0 Å². The largest absolute Gasteiger partial charge is 0.401 e. The van der Waals surface area contributed by atoms with Gasteiger partial charge in [-0.05, 0) is 29.6 Å². The molecule has 1 aromatic carbocycles. The number of hydrogen-bond acceptors (Lipinski definition) is 6. The van der Waals surface area contributed by atoms with E-state index in [-0.39, 0.29) is 4.90 Å². The average Bonchev–Trinajstić information content (AvgIpc) is 2.94. The van der Waals surface area contributed by atoms with E-state index in [1.165, 1.54) is 23.5 Å². The Balaban J connectivity index is 0.000000199. The first kappa shape index (κ1) is 14.9. The summed E-state index contributed by atoms with van der Waals surface area (Å²) in [6.45, 7) is 0. The Labute approximate surface area is 114 Å². The highest BCUT2D eigenvalue weighted by atomic mass is 35.5. The maximum atomic E-state index is 10.8. The van der Waals surface area contributed by atoms with Gasteiger partial charge in [-0.25, -0.2) is 0 Å². The number of halogens is 1. The smallest absolute Gasteiger partial charge is 0.312 e. The predicted molar refractivity (Wildman–Crippen MR) is 69.7 cm³/mol. The van der Waals surface area contributed by atoms with Crippen molar-refractivity contribution in [3.8, 4) is 5.06 Å². The molecule has 0 radical (unpaired) electrons. The normalized spacial score (nSPS) is 10.3. The fourth-order valence-electron chi connectivity index (χ4n) is 0.954. The van der Waals surface area contributed by atoms with Gasteiger partial charge in [0, 0.05) is 0 Å². The van der Waals surface area contributed by atoms with Crippen LogP contribution in [0.5, 0.6) is 5.06 Å². The summed E-state index contributed by atoms with van der Waals surface area (Å²) in [5.41, 5.74) is 0. The van der Waals surface area contributed by atoms with Crippen molar-refractivity contribution in [2.24, 2.45) is 5.90 Å². The standard InChI is InChI=1S/C6H5ClO3S.C4H5NOS/c7-10-11(8,9)6-4-2-1-3-5-6;5-6-4-2-1-3-7-4/h1-5H;1-3H,5H2. The van der Waals surface area contributed by atoms with Gasteiger partial charge in [0.05, 0.1) is 16.8 Å². The molecule has 1 heterocycles. The van der Waals surface area contributed by atoms with Crippen molar-refractivity contribution >= 4 is 33.3 Å². The molecule has 0 atom stereocenters. The predicted octanol–water partition coefficient (Wildman–Crippen LogP) is 2.55. The number of nitrogens with two attached hydrogens (primary N) is 1. The third kappa shape index (κ3) is 4.63. The summed E-state index contributed by atoms with van der Waals surface area (Å²) in [5, 5.41) is 2.65. The lowest BCUT2D eigenvalue weighted by atomic mass is 10.4. The fraction of sp³-hybridized carbons (Fsp3) is 0. The van der Waals surface area contributed by atoms with Crippen LogP contribution in [0.1, 0.15) is 0 Å². The molecule has 0 spiro atoms. The second-order valence-electron chi connectivity index (χ2n) is 2.88. The Hall–Kier alpha value is -1.12. The number of thiophene rings is 1. The van der Waals surface area contributed by atoms with Gasteiger partial charge >= 0.3 is 10.1 Å². The molecular weight excluding hydrogens is 298 g/mol. The highest BCUT2D eigenvalue weighted by Gasteiger charge is 2.12. The summed E-state index contributed by atoms with van der Waals surface area (Å²) in [6.07, 6.45) is 0. The van der Waals surface area contributed by atoms with Gasteiger partial charge in [0.15, 0.2) is 5.06 Å². The molecule has 0 unspecified atom stereocenters. The maximum absolute atomic E-state index is 10.8. The van der Waals surface area contributed by atoms with Crippen molar-refractivity contribution in [3.05, 3.63) is 47.8 Å². The van der Waals surface area contributed by atoms with E-state index in [1.807, 2.05) is 17.5 Å². The number of benzene rings is 1. The van der Waals surface area contributed by atoms with E-state index in [9.17, 15) is 8.42 Å². The van der Waals surface area contributed by atoms with Crippen LogP contribution < -0.4 is 10.7 Å². The number of rotatable bonds is 3. The molecule has 2 rings (SSSR count). The van der Waals surface area contributed by atoms with Crippen molar-refractivity contribution in [3.63, 3.8) is 0 Å². The van der Waals surface area contributed by atoms with Crippen LogP contribution >= 0.6 is 23.2 Å². The molecule has 0 aliphatic rings. The zero-order chi connectivity index (χ0) is 13.4. The van der Waals surface area contributed by atoms with Crippen molar-refractivity contribution in [1.82, 2.24) is 0 Å². The van der Waals surface area contributed by atoms with Crippen LogP contribution in [0, 0.1) is 0 Å². The molecule has 0 fully saturated rings. The van der Waals surface area contributed by atoms with E-state index in [4.69, 9.17) is 17.8 Å². The molecule has 98 valence electrons. The van der Waals surface area contributed by atoms with Crippen LogP contribution in [0.3, 0.4) is 0 Å². The Morgan fingerprint density at radius 1 is 1.11 bits per heavy atom. The van der Waals surface area contributed by atoms with E-state index >= 15 is 0 Å². The summed E-state index contributed by atoms with van der Waals surface area (Å²) in [6, 6.07) is 11.4. The summed E-state index contributed by atoms with van der Waals surface area (Å²) < 4.78 is 25.5. The first-order chi connectivity index (χ1) is 8.60. The quantitative estimate of drug-likeness (QED) is 0.882. The van der Waals surface area contributed by atoms with Crippen molar-refractivity contribution in [1.29, 1.82) is 0 Å². The van der Waals surface area contributed by atoms with Gasteiger partial charge in [-0.15, -0.1) is 11.3 Å². The fourth-order valence-corrected chi connectivity index (χ4v) is 2.24. The molecule has 0 aliphatic carbocycles. The first-order valence-corrected chi connectivity index (χ1v) is 7.20. The molecular formula is C10H10ClNO4S2. The van der Waals surface area contributed by atoms with Crippen LogP contribution in [0.15, 0.2) is 52.7 Å². The lowest BCUT2D eigenvalue weighted by Crippen LogP contribution is -1.98. The minimum Gasteiger partial charge on any atom is -0.401 e. The van der Waals surface area contributed by atoms with Gasteiger partial charge in [0.25, 0.3) is 0 Å². The highest BCUT2D eigenvalue weighted by molar-refractivity contribution is 7.87. The molecule has 8 heteroatoms. The average molecular weight is 308 g/mol. The summed E-state index contributed by atoms with van der Waals surface area (Å²) >= 11 is 6.22. The van der Waals surface area contributed by atoms with Gasteiger partial charge < -0.3 is 4.84 Å². The van der Waals surface area contributed by atoms with Gasteiger partial charge in [-0.3, -0.25) is 0 Å². The molecule has 5 nitrogen and oxygen atoms in total. The van der Waals surface area contributed by atoms with Gasteiger partial charge in [-0.2, -0.15) is 18.1 Å². The van der Waals surface area contributed by atoms with Gasteiger partial charge in [0.2, 0.25) is 0 Å². The second kappa shape index (κ2) is 7.34.